The smallest absolute Gasteiger partial charge is 0.310 e. The molecule has 0 amide bonds. The van der Waals surface area contributed by atoms with E-state index in [1.807, 2.05) is 19.3 Å². The molecule has 0 radical (unpaired) electrons. The highest BCUT2D eigenvalue weighted by Crippen LogP contribution is 2.43. The molecule has 0 spiro atoms. The molecule has 4 nitrogen and oxygen atoms in total. The summed E-state index contributed by atoms with van der Waals surface area (Å²) in [6.07, 6.45) is 5.03. The van der Waals surface area contributed by atoms with Crippen molar-refractivity contribution in [3.8, 4) is 0 Å². The maximum Gasteiger partial charge on any atom is 0.310 e. The molecule has 1 fully saturated rings. The number of carboxylic acids is 1. The number of hydrogen-bond acceptors (Lipinski definition) is 2. The minimum atomic E-state index is -0.672. The molecule has 14 heavy (non-hydrogen) atoms. The first kappa shape index (κ1) is 9.24. The molecule has 76 valence electrons. The molecule has 1 N–H and O–H groups in total. The predicted molar refractivity (Wildman–Crippen MR) is 50.8 cm³/mol. The first-order chi connectivity index (χ1) is 6.62. The van der Waals surface area contributed by atoms with E-state index in [9.17, 15) is 4.79 Å². The van der Waals surface area contributed by atoms with Gasteiger partial charge in [-0.3, -0.25) is 9.48 Å². The number of carboxylic acid groups (broad SMARTS) is 1. The lowest BCUT2D eigenvalue weighted by molar-refractivity contribution is -0.154. The van der Waals surface area contributed by atoms with Crippen molar-refractivity contribution in [1.29, 1.82) is 0 Å². The van der Waals surface area contributed by atoms with E-state index in [1.165, 1.54) is 0 Å². The average Bonchev–Trinajstić information content (AvgIpc) is 2.43. The zero-order valence-corrected chi connectivity index (χ0v) is 8.23. The lowest BCUT2D eigenvalue weighted by Crippen LogP contribution is -2.40. The van der Waals surface area contributed by atoms with Gasteiger partial charge in [0.25, 0.3) is 0 Å². The Morgan fingerprint density at radius 1 is 1.71 bits per heavy atom. The van der Waals surface area contributed by atoms with Gasteiger partial charge in [0.05, 0.1) is 11.1 Å². The number of aromatic nitrogens is 2. The van der Waals surface area contributed by atoms with Gasteiger partial charge in [-0.1, -0.05) is 6.42 Å². The number of nitrogens with zero attached hydrogens (tertiary/aromatic N) is 2. The first-order valence-electron chi connectivity index (χ1n) is 4.84. The van der Waals surface area contributed by atoms with Crippen molar-refractivity contribution in [2.24, 2.45) is 12.5 Å². The van der Waals surface area contributed by atoms with Crippen LogP contribution in [0.3, 0.4) is 0 Å². The fourth-order valence-corrected chi connectivity index (χ4v) is 1.97. The van der Waals surface area contributed by atoms with Crippen LogP contribution in [0.5, 0.6) is 0 Å². The quantitative estimate of drug-likeness (QED) is 0.787. The number of carbonyl (C=O) groups is 1. The Morgan fingerprint density at radius 2 is 2.43 bits per heavy atom. The molecule has 1 heterocycles. The van der Waals surface area contributed by atoms with Gasteiger partial charge in [-0.25, -0.2) is 0 Å². The van der Waals surface area contributed by atoms with E-state index >= 15 is 0 Å². The highest BCUT2D eigenvalue weighted by Gasteiger charge is 2.44. The zero-order chi connectivity index (χ0) is 10.2. The molecule has 0 atom stereocenters. The number of rotatable bonds is 3. The number of aliphatic carboxylic acids is 1. The maximum absolute atomic E-state index is 11.1. The van der Waals surface area contributed by atoms with E-state index in [1.54, 1.807) is 4.68 Å². The predicted octanol–water partition coefficient (Wildman–Crippen LogP) is 1.22. The molecule has 0 aliphatic heterocycles. The van der Waals surface area contributed by atoms with Gasteiger partial charge in [-0.15, -0.1) is 0 Å². The van der Waals surface area contributed by atoms with Gasteiger partial charge in [0.15, 0.2) is 0 Å². The van der Waals surface area contributed by atoms with Crippen LogP contribution in [0, 0.1) is 5.41 Å². The first-order valence-corrected chi connectivity index (χ1v) is 4.84. The summed E-state index contributed by atoms with van der Waals surface area (Å²) in [7, 11) is 1.84. The normalized spacial score (nSPS) is 18.9. The Kier molecular flexibility index (Phi) is 2.06. The summed E-state index contributed by atoms with van der Waals surface area (Å²) in [5, 5.41) is 13.3. The van der Waals surface area contributed by atoms with Crippen LogP contribution in [0.2, 0.25) is 0 Å². The van der Waals surface area contributed by atoms with Crippen LogP contribution in [0.1, 0.15) is 25.0 Å². The highest BCUT2D eigenvalue weighted by atomic mass is 16.4. The van der Waals surface area contributed by atoms with Gasteiger partial charge in [-0.05, 0) is 18.9 Å². The van der Waals surface area contributed by atoms with Gasteiger partial charge >= 0.3 is 5.97 Å². The van der Waals surface area contributed by atoms with Crippen molar-refractivity contribution >= 4 is 5.97 Å². The standard InChI is InChI=1S/C10H14N2O2/c1-12-6-3-8(11-12)7-10(9(13)14)4-2-5-10/h3,6H,2,4-5,7H2,1H3,(H,13,14). The molecular formula is C10H14N2O2. The Hall–Kier alpha value is -1.32. The zero-order valence-electron chi connectivity index (χ0n) is 8.23. The van der Waals surface area contributed by atoms with Gasteiger partial charge in [0.2, 0.25) is 0 Å². The van der Waals surface area contributed by atoms with Gasteiger partial charge < -0.3 is 5.11 Å². The molecule has 1 aliphatic carbocycles. The van der Waals surface area contributed by atoms with Gasteiger partial charge in [0, 0.05) is 19.7 Å². The Labute approximate surface area is 82.5 Å². The molecular weight excluding hydrogens is 180 g/mol. The van der Waals surface area contributed by atoms with E-state index in [2.05, 4.69) is 5.10 Å². The third-order valence-corrected chi connectivity index (χ3v) is 3.05. The largest absolute Gasteiger partial charge is 0.481 e. The molecule has 0 aromatic carbocycles. The van der Waals surface area contributed by atoms with E-state index < -0.39 is 11.4 Å². The van der Waals surface area contributed by atoms with Crippen LogP contribution in [0.15, 0.2) is 12.3 Å². The lowest BCUT2D eigenvalue weighted by Gasteiger charge is -2.37. The Balaban J connectivity index is 2.12. The number of aryl methyl sites for hydroxylation is 1. The van der Waals surface area contributed by atoms with Crippen LogP contribution in [-0.2, 0) is 18.3 Å². The van der Waals surface area contributed by atoms with Crippen LogP contribution in [-0.4, -0.2) is 20.9 Å². The summed E-state index contributed by atoms with van der Waals surface area (Å²) < 4.78 is 1.71. The molecule has 1 aromatic heterocycles. The molecule has 1 saturated carbocycles. The van der Waals surface area contributed by atoms with Crippen molar-refractivity contribution in [3.63, 3.8) is 0 Å². The van der Waals surface area contributed by atoms with Gasteiger partial charge in [0.1, 0.15) is 0 Å². The summed E-state index contributed by atoms with van der Waals surface area (Å²) in [6.45, 7) is 0. The molecule has 1 aromatic rings. The molecule has 0 unspecified atom stereocenters. The topological polar surface area (TPSA) is 55.1 Å². The summed E-state index contributed by atoms with van der Waals surface area (Å²) in [4.78, 5) is 11.1. The Bertz CT molecular complexity index is 353. The average molecular weight is 194 g/mol. The second-order valence-corrected chi connectivity index (χ2v) is 4.10. The summed E-state index contributed by atoms with van der Waals surface area (Å²) >= 11 is 0. The summed E-state index contributed by atoms with van der Waals surface area (Å²) in [5.41, 5.74) is 0.364. The fourth-order valence-electron chi connectivity index (χ4n) is 1.97. The van der Waals surface area contributed by atoms with E-state index in [0.29, 0.717) is 6.42 Å². The molecule has 0 bridgehead atoms. The molecule has 0 saturated heterocycles. The van der Waals surface area contributed by atoms with Crippen molar-refractivity contribution in [3.05, 3.63) is 18.0 Å². The van der Waals surface area contributed by atoms with E-state index in [4.69, 9.17) is 5.11 Å². The van der Waals surface area contributed by atoms with Crippen LogP contribution in [0.25, 0.3) is 0 Å². The highest BCUT2D eigenvalue weighted by molar-refractivity contribution is 5.76. The second kappa shape index (κ2) is 3.12. The van der Waals surface area contributed by atoms with Crippen molar-refractivity contribution < 1.29 is 9.90 Å². The maximum atomic E-state index is 11.1. The Morgan fingerprint density at radius 3 is 2.79 bits per heavy atom. The minimum absolute atomic E-state index is 0.519. The van der Waals surface area contributed by atoms with Gasteiger partial charge in [-0.2, -0.15) is 5.10 Å². The molecule has 1 aliphatic rings. The van der Waals surface area contributed by atoms with Crippen molar-refractivity contribution in [1.82, 2.24) is 9.78 Å². The van der Waals surface area contributed by atoms with E-state index in [0.717, 1.165) is 25.0 Å². The van der Waals surface area contributed by atoms with Crippen LogP contribution >= 0.6 is 0 Å². The van der Waals surface area contributed by atoms with E-state index in [-0.39, 0.29) is 0 Å². The number of hydrogen-bond donors (Lipinski definition) is 1. The molecule has 2 rings (SSSR count). The SMILES string of the molecule is Cn1ccc(CC2(C(=O)O)CCC2)n1. The van der Waals surface area contributed by atoms with Crippen LogP contribution in [0.4, 0.5) is 0 Å². The van der Waals surface area contributed by atoms with Crippen molar-refractivity contribution in [2.75, 3.05) is 0 Å². The minimum Gasteiger partial charge on any atom is -0.481 e. The van der Waals surface area contributed by atoms with Crippen LogP contribution < -0.4 is 0 Å². The van der Waals surface area contributed by atoms with Crippen molar-refractivity contribution in [2.45, 2.75) is 25.7 Å². The molecule has 4 heteroatoms. The monoisotopic (exact) mass is 194 g/mol. The lowest BCUT2D eigenvalue weighted by atomic mass is 9.66. The second-order valence-electron chi connectivity index (χ2n) is 4.10. The summed E-state index contributed by atoms with van der Waals surface area (Å²) in [5.74, 6) is -0.672. The summed E-state index contributed by atoms with van der Waals surface area (Å²) in [6, 6.07) is 1.89. The third kappa shape index (κ3) is 1.41. The third-order valence-electron chi connectivity index (χ3n) is 3.05. The fraction of sp³-hybridized carbons (Fsp3) is 0.600.